The zero-order valence-corrected chi connectivity index (χ0v) is 9.81. The average Bonchev–Trinajstić information content (AvgIpc) is 2.08. The van der Waals surface area contributed by atoms with Gasteiger partial charge in [0.1, 0.15) is 21.5 Å². The van der Waals surface area contributed by atoms with Crippen LogP contribution in [0.1, 0.15) is 6.92 Å². The number of hydrogen-bond acceptors (Lipinski definition) is 3. The van der Waals surface area contributed by atoms with E-state index in [1.54, 1.807) is 6.92 Å². The molecule has 0 bridgehead atoms. The molecule has 0 aromatic heterocycles. The quantitative estimate of drug-likeness (QED) is 0.885. The molecule has 0 heterocycles. The number of hydrogen-bond donors (Lipinski definition) is 1. The summed E-state index contributed by atoms with van der Waals surface area (Å²) in [5.41, 5.74) is -0.0313. The van der Waals surface area contributed by atoms with E-state index in [0.717, 1.165) is 24.5 Å². The summed E-state index contributed by atoms with van der Waals surface area (Å²) < 4.78 is 47.9. The highest BCUT2D eigenvalue weighted by molar-refractivity contribution is 7.90. The van der Waals surface area contributed by atoms with Crippen LogP contribution >= 0.6 is 0 Å². The molecular weight excluding hydrogens is 236 g/mol. The van der Waals surface area contributed by atoms with Gasteiger partial charge in [0, 0.05) is 12.3 Å². The van der Waals surface area contributed by atoms with E-state index in [9.17, 15) is 17.2 Å². The van der Waals surface area contributed by atoms with Crippen LogP contribution in [0, 0.1) is 11.6 Å². The van der Waals surface area contributed by atoms with Gasteiger partial charge in [0.05, 0.1) is 11.4 Å². The molecule has 1 aromatic rings. The summed E-state index contributed by atoms with van der Waals surface area (Å²) in [7, 11) is -3.15. The lowest BCUT2D eigenvalue weighted by molar-refractivity contribution is 0.593. The SMILES string of the molecule is CC(CS(C)(=O)=O)Nc1cc(F)ccc1F. The van der Waals surface area contributed by atoms with Crippen LogP contribution in [0.2, 0.25) is 0 Å². The lowest BCUT2D eigenvalue weighted by atomic mass is 10.2. The second-order valence-electron chi connectivity index (χ2n) is 3.76. The van der Waals surface area contributed by atoms with E-state index in [4.69, 9.17) is 0 Å². The van der Waals surface area contributed by atoms with Crippen LogP contribution in [0.25, 0.3) is 0 Å². The Morgan fingerprint density at radius 2 is 2.00 bits per heavy atom. The van der Waals surface area contributed by atoms with E-state index in [0.29, 0.717) is 0 Å². The summed E-state index contributed by atoms with van der Waals surface area (Å²) in [5.74, 6) is -1.32. The second kappa shape index (κ2) is 4.78. The molecule has 0 radical (unpaired) electrons. The molecular formula is C10H13F2NO2S. The molecule has 1 atom stereocenters. The minimum atomic E-state index is -3.15. The molecule has 0 saturated carbocycles. The second-order valence-corrected chi connectivity index (χ2v) is 5.95. The number of benzene rings is 1. The Balaban J connectivity index is 2.77. The smallest absolute Gasteiger partial charge is 0.149 e. The van der Waals surface area contributed by atoms with Crippen LogP contribution in [0.5, 0.6) is 0 Å². The van der Waals surface area contributed by atoms with Gasteiger partial charge in [0.2, 0.25) is 0 Å². The molecule has 1 aromatic carbocycles. The van der Waals surface area contributed by atoms with Gasteiger partial charge in [-0.1, -0.05) is 0 Å². The van der Waals surface area contributed by atoms with E-state index >= 15 is 0 Å². The third-order valence-electron chi connectivity index (χ3n) is 1.88. The lowest BCUT2D eigenvalue weighted by Gasteiger charge is -2.14. The van der Waals surface area contributed by atoms with Gasteiger partial charge in [0.15, 0.2) is 0 Å². The number of halogens is 2. The first-order valence-corrected chi connectivity index (χ1v) is 6.73. The maximum Gasteiger partial charge on any atom is 0.149 e. The van der Waals surface area contributed by atoms with Crippen LogP contribution in [-0.2, 0) is 9.84 Å². The van der Waals surface area contributed by atoms with Gasteiger partial charge in [0.25, 0.3) is 0 Å². The Kier molecular flexibility index (Phi) is 3.85. The Hall–Kier alpha value is -1.17. The van der Waals surface area contributed by atoms with Crippen molar-refractivity contribution in [1.82, 2.24) is 0 Å². The molecule has 0 aliphatic rings. The molecule has 0 aliphatic heterocycles. The van der Waals surface area contributed by atoms with Gasteiger partial charge >= 0.3 is 0 Å². The molecule has 0 aliphatic carbocycles. The fourth-order valence-corrected chi connectivity index (χ4v) is 2.36. The molecule has 1 N–H and O–H groups in total. The van der Waals surface area contributed by atoms with Crippen molar-refractivity contribution in [3.63, 3.8) is 0 Å². The van der Waals surface area contributed by atoms with Gasteiger partial charge in [-0.2, -0.15) is 0 Å². The first kappa shape index (κ1) is 12.9. The van der Waals surface area contributed by atoms with Crippen molar-refractivity contribution in [1.29, 1.82) is 0 Å². The minimum Gasteiger partial charge on any atom is -0.379 e. The first-order valence-electron chi connectivity index (χ1n) is 4.67. The standard InChI is InChI=1S/C10H13F2NO2S/c1-7(6-16(2,14)15)13-10-5-8(11)3-4-9(10)12/h3-5,7,13H,6H2,1-2H3. The highest BCUT2D eigenvalue weighted by Crippen LogP contribution is 2.16. The molecule has 0 spiro atoms. The number of anilines is 1. The summed E-state index contributed by atoms with van der Waals surface area (Å²) in [6.45, 7) is 1.59. The van der Waals surface area contributed by atoms with E-state index in [-0.39, 0.29) is 11.4 Å². The van der Waals surface area contributed by atoms with Gasteiger partial charge in [-0.05, 0) is 25.1 Å². The summed E-state index contributed by atoms with van der Waals surface area (Å²) in [5, 5.41) is 2.61. The van der Waals surface area contributed by atoms with Crippen LogP contribution < -0.4 is 5.32 Å². The molecule has 0 fully saturated rings. The van der Waals surface area contributed by atoms with Crippen molar-refractivity contribution in [3.8, 4) is 0 Å². The van der Waals surface area contributed by atoms with Gasteiger partial charge < -0.3 is 5.32 Å². The van der Waals surface area contributed by atoms with Crippen LogP contribution in [-0.4, -0.2) is 26.5 Å². The monoisotopic (exact) mass is 249 g/mol. The van der Waals surface area contributed by atoms with Crippen molar-refractivity contribution in [3.05, 3.63) is 29.8 Å². The van der Waals surface area contributed by atoms with Crippen molar-refractivity contribution in [2.75, 3.05) is 17.3 Å². The van der Waals surface area contributed by atoms with Gasteiger partial charge in [-0.15, -0.1) is 0 Å². The predicted molar refractivity (Wildman–Crippen MR) is 59.2 cm³/mol. The topological polar surface area (TPSA) is 46.2 Å². The Morgan fingerprint density at radius 3 is 2.56 bits per heavy atom. The Labute approximate surface area is 93.4 Å². The largest absolute Gasteiger partial charge is 0.379 e. The highest BCUT2D eigenvalue weighted by Gasteiger charge is 2.12. The zero-order valence-electron chi connectivity index (χ0n) is 9.00. The van der Waals surface area contributed by atoms with Crippen LogP contribution in [0.3, 0.4) is 0 Å². The predicted octanol–water partition coefficient (Wildman–Crippen LogP) is 1.81. The number of nitrogens with one attached hydrogen (secondary N) is 1. The summed E-state index contributed by atoms with van der Waals surface area (Å²) >= 11 is 0. The van der Waals surface area contributed by atoms with Gasteiger partial charge in [-0.3, -0.25) is 0 Å². The molecule has 1 unspecified atom stereocenters. The summed E-state index contributed by atoms with van der Waals surface area (Å²) in [4.78, 5) is 0. The van der Waals surface area contributed by atoms with Crippen molar-refractivity contribution < 1.29 is 17.2 Å². The average molecular weight is 249 g/mol. The molecule has 0 amide bonds. The maximum absolute atomic E-state index is 13.2. The fraction of sp³-hybridized carbons (Fsp3) is 0.400. The summed E-state index contributed by atoms with van der Waals surface area (Å²) in [6, 6.07) is 2.51. The van der Waals surface area contributed by atoms with Crippen LogP contribution in [0.4, 0.5) is 14.5 Å². The molecule has 16 heavy (non-hydrogen) atoms. The van der Waals surface area contributed by atoms with Crippen molar-refractivity contribution in [2.45, 2.75) is 13.0 Å². The Morgan fingerprint density at radius 1 is 1.38 bits per heavy atom. The molecule has 6 heteroatoms. The zero-order chi connectivity index (χ0) is 12.3. The lowest BCUT2D eigenvalue weighted by Crippen LogP contribution is -2.25. The van der Waals surface area contributed by atoms with E-state index in [1.807, 2.05) is 0 Å². The molecule has 90 valence electrons. The van der Waals surface area contributed by atoms with E-state index < -0.39 is 27.5 Å². The van der Waals surface area contributed by atoms with Crippen molar-refractivity contribution >= 4 is 15.5 Å². The summed E-state index contributed by atoms with van der Waals surface area (Å²) in [6.07, 6.45) is 1.09. The number of rotatable bonds is 4. The third kappa shape index (κ3) is 4.14. The molecule has 1 rings (SSSR count). The van der Waals surface area contributed by atoms with Crippen LogP contribution in [0.15, 0.2) is 18.2 Å². The highest BCUT2D eigenvalue weighted by atomic mass is 32.2. The first-order chi connectivity index (χ1) is 7.28. The third-order valence-corrected chi connectivity index (χ3v) is 2.99. The number of sulfone groups is 1. The molecule has 3 nitrogen and oxygen atoms in total. The van der Waals surface area contributed by atoms with E-state index in [2.05, 4.69) is 5.32 Å². The normalized spacial score (nSPS) is 13.5. The van der Waals surface area contributed by atoms with E-state index in [1.165, 1.54) is 0 Å². The minimum absolute atomic E-state index is 0.0313. The van der Waals surface area contributed by atoms with Gasteiger partial charge in [-0.25, -0.2) is 17.2 Å². The maximum atomic E-state index is 13.2. The molecule has 0 saturated heterocycles. The fourth-order valence-electron chi connectivity index (χ4n) is 1.37. The van der Waals surface area contributed by atoms with Crippen molar-refractivity contribution in [2.24, 2.45) is 0 Å². The Bertz CT molecular complexity index is 474.